The Morgan fingerprint density at radius 2 is 1.97 bits per heavy atom. The molecule has 31 heavy (non-hydrogen) atoms. The van der Waals surface area contributed by atoms with Crippen LogP contribution in [0.4, 0.5) is 5.69 Å². The van der Waals surface area contributed by atoms with Crippen molar-refractivity contribution in [3.63, 3.8) is 0 Å². The van der Waals surface area contributed by atoms with Crippen LogP contribution < -0.4 is 10.1 Å². The topological polar surface area (TPSA) is 82.2 Å². The number of methoxy groups -OCH3 is 1. The molecule has 1 N–H and O–H groups in total. The second-order valence-corrected chi connectivity index (χ2v) is 7.46. The molecule has 2 aromatic carbocycles. The van der Waals surface area contributed by atoms with Crippen LogP contribution in [0.2, 0.25) is 5.02 Å². The summed E-state index contributed by atoms with van der Waals surface area (Å²) in [5.74, 6) is 0.797. The summed E-state index contributed by atoms with van der Waals surface area (Å²) >= 11 is 6.27. The van der Waals surface area contributed by atoms with Crippen LogP contribution in [0.15, 0.2) is 59.1 Å². The molecule has 0 aliphatic carbocycles. The fourth-order valence-electron chi connectivity index (χ4n) is 3.29. The van der Waals surface area contributed by atoms with Gasteiger partial charge in [-0.25, -0.2) is 0 Å². The van der Waals surface area contributed by atoms with Crippen LogP contribution in [0, 0.1) is 13.8 Å². The normalized spacial score (nSPS) is 10.8. The van der Waals surface area contributed by atoms with E-state index < -0.39 is 0 Å². The van der Waals surface area contributed by atoms with Gasteiger partial charge in [-0.05, 0) is 37.6 Å². The Hall–Kier alpha value is -3.58. The number of anilines is 1. The van der Waals surface area contributed by atoms with Gasteiger partial charge in [0, 0.05) is 16.7 Å². The summed E-state index contributed by atoms with van der Waals surface area (Å²) in [5.41, 5.74) is 4.06. The van der Waals surface area contributed by atoms with Gasteiger partial charge in [-0.3, -0.25) is 9.48 Å². The maximum atomic E-state index is 12.8. The van der Waals surface area contributed by atoms with Gasteiger partial charge >= 0.3 is 0 Å². The largest absolute Gasteiger partial charge is 0.497 e. The molecular weight excluding hydrogens is 416 g/mol. The number of halogens is 1. The molecule has 4 rings (SSSR count). The average molecular weight is 437 g/mol. The number of aromatic nitrogens is 3. The lowest BCUT2D eigenvalue weighted by Gasteiger charge is -2.07. The van der Waals surface area contributed by atoms with Crippen LogP contribution in [0.3, 0.4) is 0 Å². The summed E-state index contributed by atoms with van der Waals surface area (Å²) in [4.78, 5) is 12.8. The minimum absolute atomic E-state index is 0.176. The van der Waals surface area contributed by atoms with E-state index in [9.17, 15) is 4.79 Å². The Kier molecular flexibility index (Phi) is 5.77. The fourth-order valence-corrected chi connectivity index (χ4v) is 3.49. The zero-order valence-electron chi connectivity index (χ0n) is 17.3. The first-order chi connectivity index (χ1) is 15.0. The summed E-state index contributed by atoms with van der Waals surface area (Å²) in [5, 5.41) is 12.0. The molecule has 0 saturated carbocycles. The van der Waals surface area contributed by atoms with Crippen molar-refractivity contribution in [1.29, 1.82) is 0 Å². The van der Waals surface area contributed by atoms with Gasteiger partial charge in [-0.2, -0.15) is 5.10 Å². The van der Waals surface area contributed by atoms with Crippen LogP contribution >= 0.6 is 11.6 Å². The molecule has 2 aromatic heterocycles. The maximum absolute atomic E-state index is 12.8. The summed E-state index contributed by atoms with van der Waals surface area (Å²) < 4.78 is 12.4. The molecular formula is C23H21ClN4O3. The molecule has 0 bridgehead atoms. The highest BCUT2D eigenvalue weighted by Crippen LogP contribution is 2.26. The zero-order valence-corrected chi connectivity index (χ0v) is 18.1. The lowest BCUT2D eigenvalue weighted by molar-refractivity contribution is 0.101. The standard InChI is InChI=1S/C23H21ClN4O3/c1-14-22(15(2)28(26-14)13-17-7-4-5-10-19(17)24)25-23(29)20-12-21(31-27-20)16-8-6-9-18(11-16)30-3/h4-12H,13H2,1-3H3,(H,25,29). The minimum Gasteiger partial charge on any atom is -0.497 e. The third kappa shape index (κ3) is 4.32. The molecule has 2 heterocycles. The van der Waals surface area contributed by atoms with Crippen LogP contribution in [0.25, 0.3) is 11.3 Å². The summed E-state index contributed by atoms with van der Waals surface area (Å²) in [6.45, 7) is 4.25. The molecule has 8 heteroatoms. The first-order valence-corrected chi connectivity index (χ1v) is 10.0. The van der Waals surface area contributed by atoms with Crippen molar-refractivity contribution in [3.8, 4) is 17.1 Å². The van der Waals surface area contributed by atoms with Crippen molar-refractivity contribution in [1.82, 2.24) is 14.9 Å². The van der Waals surface area contributed by atoms with Gasteiger partial charge in [-0.1, -0.05) is 47.1 Å². The smallest absolute Gasteiger partial charge is 0.277 e. The number of rotatable bonds is 6. The van der Waals surface area contributed by atoms with Gasteiger partial charge in [-0.15, -0.1) is 0 Å². The van der Waals surface area contributed by atoms with E-state index in [1.807, 2.05) is 67.1 Å². The number of hydrogen-bond donors (Lipinski definition) is 1. The number of amides is 1. The number of carbonyl (C=O) groups is 1. The number of nitrogens with zero attached hydrogens (tertiary/aromatic N) is 3. The number of ether oxygens (including phenoxy) is 1. The van der Waals surface area contributed by atoms with Crippen molar-refractivity contribution in [3.05, 3.63) is 82.3 Å². The molecule has 0 aliphatic heterocycles. The lowest BCUT2D eigenvalue weighted by atomic mass is 10.1. The maximum Gasteiger partial charge on any atom is 0.277 e. The molecule has 0 fully saturated rings. The molecule has 1 amide bonds. The van der Waals surface area contributed by atoms with Gasteiger partial charge in [0.25, 0.3) is 5.91 Å². The second kappa shape index (κ2) is 8.65. The minimum atomic E-state index is -0.374. The van der Waals surface area contributed by atoms with Crippen LogP contribution in [0.1, 0.15) is 27.4 Å². The quantitative estimate of drug-likeness (QED) is 0.453. The van der Waals surface area contributed by atoms with E-state index in [1.165, 1.54) is 0 Å². The highest BCUT2D eigenvalue weighted by atomic mass is 35.5. The SMILES string of the molecule is COc1cccc(-c2cc(C(=O)Nc3c(C)nn(Cc4ccccc4Cl)c3C)no2)c1. The summed E-state index contributed by atoms with van der Waals surface area (Å²) in [7, 11) is 1.59. The van der Waals surface area contributed by atoms with Crippen molar-refractivity contribution < 1.29 is 14.1 Å². The average Bonchev–Trinajstić information content (AvgIpc) is 3.37. The van der Waals surface area contributed by atoms with Crippen LogP contribution in [0.5, 0.6) is 5.75 Å². The van der Waals surface area contributed by atoms with E-state index in [0.29, 0.717) is 34.5 Å². The number of hydrogen-bond acceptors (Lipinski definition) is 5. The van der Waals surface area contributed by atoms with Crippen molar-refractivity contribution in [2.75, 3.05) is 12.4 Å². The Bertz CT molecular complexity index is 1250. The van der Waals surface area contributed by atoms with Gasteiger partial charge < -0.3 is 14.6 Å². The fraction of sp³-hybridized carbons (Fsp3) is 0.174. The van der Waals surface area contributed by atoms with E-state index in [-0.39, 0.29) is 11.6 Å². The number of benzene rings is 2. The second-order valence-electron chi connectivity index (χ2n) is 7.06. The van der Waals surface area contributed by atoms with Crippen molar-refractivity contribution in [2.24, 2.45) is 0 Å². The molecule has 0 unspecified atom stereocenters. The summed E-state index contributed by atoms with van der Waals surface area (Å²) in [6.07, 6.45) is 0. The molecule has 7 nitrogen and oxygen atoms in total. The molecule has 0 aliphatic rings. The van der Waals surface area contributed by atoms with E-state index in [0.717, 1.165) is 16.8 Å². The zero-order chi connectivity index (χ0) is 22.0. The highest BCUT2D eigenvalue weighted by Gasteiger charge is 2.19. The first kappa shape index (κ1) is 20.7. The molecule has 0 saturated heterocycles. The Balaban J connectivity index is 1.53. The van der Waals surface area contributed by atoms with Gasteiger partial charge in [0.2, 0.25) is 0 Å². The van der Waals surface area contributed by atoms with Crippen molar-refractivity contribution >= 4 is 23.2 Å². The van der Waals surface area contributed by atoms with Crippen LogP contribution in [-0.4, -0.2) is 28.0 Å². The summed E-state index contributed by atoms with van der Waals surface area (Å²) in [6, 6.07) is 16.6. The van der Waals surface area contributed by atoms with Gasteiger partial charge in [0.05, 0.1) is 30.7 Å². The van der Waals surface area contributed by atoms with Gasteiger partial charge in [0.15, 0.2) is 11.5 Å². The molecule has 0 atom stereocenters. The third-order valence-electron chi connectivity index (χ3n) is 5.00. The Labute approximate surface area is 184 Å². The lowest BCUT2D eigenvalue weighted by Crippen LogP contribution is -2.13. The monoisotopic (exact) mass is 436 g/mol. The Morgan fingerprint density at radius 3 is 2.74 bits per heavy atom. The molecule has 4 aromatic rings. The molecule has 0 radical (unpaired) electrons. The van der Waals surface area contributed by atoms with E-state index in [1.54, 1.807) is 13.2 Å². The van der Waals surface area contributed by atoms with Crippen LogP contribution in [-0.2, 0) is 6.54 Å². The van der Waals surface area contributed by atoms with Crippen molar-refractivity contribution in [2.45, 2.75) is 20.4 Å². The number of carbonyl (C=O) groups excluding carboxylic acids is 1. The van der Waals surface area contributed by atoms with E-state index in [4.69, 9.17) is 20.9 Å². The van der Waals surface area contributed by atoms with E-state index >= 15 is 0 Å². The number of nitrogens with one attached hydrogen (secondary N) is 1. The van der Waals surface area contributed by atoms with Gasteiger partial charge in [0.1, 0.15) is 5.75 Å². The Morgan fingerprint density at radius 1 is 1.16 bits per heavy atom. The third-order valence-corrected chi connectivity index (χ3v) is 5.36. The highest BCUT2D eigenvalue weighted by molar-refractivity contribution is 6.31. The molecule has 158 valence electrons. The first-order valence-electron chi connectivity index (χ1n) is 9.66. The van der Waals surface area contributed by atoms with E-state index in [2.05, 4.69) is 15.6 Å². The predicted octanol–water partition coefficient (Wildman–Crippen LogP) is 5.12. The molecule has 0 spiro atoms. The predicted molar refractivity (Wildman–Crippen MR) is 119 cm³/mol. The number of aryl methyl sites for hydroxylation is 1.